The third-order valence-corrected chi connectivity index (χ3v) is 6.62. The van der Waals surface area contributed by atoms with Crippen molar-refractivity contribution >= 4 is 56.2 Å². The quantitative estimate of drug-likeness (QED) is 0.250. The first kappa shape index (κ1) is 23.6. The molecule has 1 saturated heterocycles. The molecule has 0 N–H and O–H groups in total. The van der Waals surface area contributed by atoms with E-state index in [2.05, 4.69) is 22.0 Å². The van der Waals surface area contributed by atoms with E-state index in [-0.39, 0.29) is 5.91 Å². The Balaban J connectivity index is 1.72. The summed E-state index contributed by atoms with van der Waals surface area (Å²) in [5, 5.41) is 0. The second-order valence-corrected chi connectivity index (χ2v) is 9.50. The smallest absolute Gasteiger partial charge is 0.265 e. The monoisotopic (exact) mass is 521 g/mol. The van der Waals surface area contributed by atoms with Crippen molar-refractivity contribution in [2.24, 2.45) is 0 Å². The summed E-state index contributed by atoms with van der Waals surface area (Å²) in [5.74, 6) is 1.96. The highest BCUT2D eigenvalue weighted by atomic mass is 79.9. The Morgan fingerprint density at radius 2 is 1.84 bits per heavy atom. The zero-order valence-electron chi connectivity index (χ0n) is 17.9. The molecule has 0 bridgehead atoms. The van der Waals surface area contributed by atoms with Gasteiger partial charge >= 0.3 is 0 Å². The molecule has 3 rings (SSSR count). The summed E-state index contributed by atoms with van der Waals surface area (Å²) in [4.78, 5) is 14.3. The predicted molar refractivity (Wildman–Crippen MR) is 133 cm³/mol. The summed E-state index contributed by atoms with van der Waals surface area (Å²) in [6, 6.07) is 9.87. The number of thiocarbonyl (C=S) groups is 1. The van der Waals surface area contributed by atoms with Crippen molar-refractivity contribution < 1.29 is 19.0 Å². The van der Waals surface area contributed by atoms with Crippen LogP contribution in [0.1, 0.15) is 23.6 Å². The fourth-order valence-electron chi connectivity index (χ4n) is 2.93. The highest BCUT2D eigenvalue weighted by Gasteiger charge is 2.28. The standard InChI is InChI=1S/C23H24BrNO4S2/c1-5-27-19-12-16(13-20-22(26)25(4)23(30)31-20)11-17(24)21(19)29-9-8-28-18-10-14(2)6-7-15(18)3/h6-7,10-13H,5,8-9H2,1-4H3/b20-13+. The minimum atomic E-state index is -0.104. The number of ether oxygens (including phenoxy) is 3. The van der Waals surface area contributed by atoms with Crippen molar-refractivity contribution in [3.63, 3.8) is 0 Å². The number of likely N-dealkylation sites (N-methyl/N-ethyl adjacent to an activating group) is 1. The normalized spacial score (nSPS) is 15.0. The average Bonchev–Trinajstić information content (AvgIpc) is 2.96. The van der Waals surface area contributed by atoms with E-state index >= 15 is 0 Å². The van der Waals surface area contributed by atoms with Gasteiger partial charge in [-0.25, -0.2) is 0 Å². The first-order chi connectivity index (χ1) is 14.8. The highest BCUT2D eigenvalue weighted by molar-refractivity contribution is 9.10. The van der Waals surface area contributed by atoms with E-state index in [0.717, 1.165) is 26.9 Å². The first-order valence-electron chi connectivity index (χ1n) is 9.81. The molecule has 0 radical (unpaired) electrons. The zero-order chi connectivity index (χ0) is 22.5. The molecule has 1 aliphatic rings. The van der Waals surface area contributed by atoms with E-state index in [0.29, 0.717) is 40.5 Å². The first-order valence-corrected chi connectivity index (χ1v) is 11.8. The number of thioether (sulfide) groups is 1. The number of hydrogen-bond donors (Lipinski definition) is 0. The molecule has 0 unspecified atom stereocenters. The topological polar surface area (TPSA) is 48.0 Å². The second kappa shape index (κ2) is 10.5. The van der Waals surface area contributed by atoms with Gasteiger partial charge in [-0.1, -0.05) is 36.1 Å². The number of halogens is 1. The highest BCUT2D eigenvalue weighted by Crippen LogP contribution is 2.39. The summed E-state index contributed by atoms with van der Waals surface area (Å²) < 4.78 is 18.9. The molecule has 2 aromatic rings. The number of amides is 1. The molecule has 2 aromatic carbocycles. The maximum absolute atomic E-state index is 12.3. The predicted octanol–water partition coefficient (Wildman–Crippen LogP) is 5.75. The van der Waals surface area contributed by atoms with Crippen LogP contribution in [0.4, 0.5) is 0 Å². The van der Waals surface area contributed by atoms with Crippen LogP contribution in [0.15, 0.2) is 39.7 Å². The second-order valence-electron chi connectivity index (χ2n) is 6.97. The molecule has 1 fully saturated rings. The van der Waals surface area contributed by atoms with Crippen LogP contribution in [-0.4, -0.2) is 42.0 Å². The van der Waals surface area contributed by atoms with Gasteiger partial charge in [0, 0.05) is 7.05 Å². The maximum Gasteiger partial charge on any atom is 0.265 e. The van der Waals surface area contributed by atoms with Gasteiger partial charge in [0.05, 0.1) is 16.0 Å². The van der Waals surface area contributed by atoms with Crippen molar-refractivity contribution in [1.29, 1.82) is 0 Å². The van der Waals surface area contributed by atoms with Gasteiger partial charge in [-0.05, 0) is 77.7 Å². The molecule has 31 heavy (non-hydrogen) atoms. The van der Waals surface area contributed by atoms with Crippen molar-refractivity contribution in [2.45, 2.75) is 20.8 Å². The molecule has 8 heteroatoms. The van der Waals surface area contributed by atoms with Crippen LogP contribution >= 0.6 is 39.9 Å². The van der Waals surface area contributed by atoms with E-state index in [1.165, 1.54) is 16.7 Å². The molecular weight excluding hydrogens is 498 g/mol. The zero-order valence-corrected chi connectivity index (χ0v) is 21.1. The Kier molecular flexibility index (Phi) is 8.02. The molecule has 164 valence electrons. The van der Waals surface area contributed by atoms with Crippen LogP contribution in [0.2, 0.25) is 0 Å². The molecule has 0 aliphatic carbocycles. The van der Waals surface area contributed by atoms with E-state index in [1.807, 2.05) is 51.1 Å². The van der Waals surface area contributed by atoms with Gasteiger partial charge in [0.1, 0.15) is 23.3 Å². The number of carbonyl (C=O) groups excluding carboxylic acids is 1. The van der Waals surface area contributed by atoms with Gasteiger partial charge in [0.2, 0.25) is 0 Å². The molecule has 0 atom stereocenters. The fourth-order valence-corrected chi connectivity index (χ4v) is 4.68. The number of rotatable bonds is 8. The summed E-state index contributed by atoms with van der Waals surface area (Å²) in [6.07, 6.45) is 1.81. The van der Waals surface area contributed by atoms with Crippen molar-refractivity contribution in [1.82, 2.24) is 4.90 Å². The molecule has 1 amide bonds. The Bertz CT molecular complexity index is 1040. The van der Waals surface area contributed by atoms with E-state index in [4.69, 9.17) is 26.4 Å². The lowest BCUT2D eigenvalue weighted by Gasteiger charge is -2.16. The summed E-state index contributed by atoms with van der Waals surface area (Å²) in [7, 11) is 1.68. The third-order valence-electron chi connectivity index (χ3n) is 4.55. The minimum Gasteiger partial charge on any atom is -0.490 e. The average molecular weight is 522 g/mol. The Morgan fingerprint density at radius 3 is 2.52 bits per heavy atom. The van der Waals surface area contributed by atoms with Crippen molar-refractivity contribution in [3.05, 3.63) is 56.4 Å². The number of aryl methyl sites for hydroxylation is 2. The number of hydrogen-bond acceptors (Lipinski definition) is 6. The van der Waals surface area contributed by atoms with Gasteiger partial charge < -0.3 is 14.2 Å². The molecule has 1 aliphatic heterocycles. The lowest BCUT2D eigenvalue weighted by Crippen LogP contribution is -2.22. The Labute approximate surface area is 200 Å². The number of carbonyl (C=O) groups is 1. The van der Waals surface area contributed by atoms with E-state index in [9.17, 15) is 4.79 Å². The minimum absolute atomic E-state index is 0.104. The van der Waals surface area contributed by atoms with Gasteiger partial charge in [0.25, 0.3) is 5.91 Å². The fraction of sp³-hybridized carbons (Fsp3) is 0.304. The number of nitrogens with zero attached hydrogens (tertiary/aromatic N) is 1. The van der Waals surface area contributed by atoms with Crippen LogP contribution in [0.5, 0.6) is 17.2 Å². The molecule has 0 saturated carbocycles. The van der Waals surface area contributed by atoms with E-state index < -0.39 is 0 Å². The molecule has 5 nitrogen and oxygen atoms in total. The van der Waals surface area contributed by atoms with Crippen LogP contribution in [0.25, 0.3) is 6.08 Å². The summed E-state index contributed by atoms with van der Waals surface area (Å²) in [5.41, 5.74) is 3.06. The van der Waals surface area contributed by atoms with Crippen molar-refractivity contribution in [3.8, 4) is 17.2 Å². The molecule has 0 spiro atoms. The molecule has 1 heterocycles. The van der Waals surface area contributed by atoms with Gasteiger partial charge in [-0.2, -0.15) is 0 Å². The molecule has 0 aromatic heterocycles. The third kappa shape index (κ3) is 5.81. The van der Waals surface area contributed by atoms with Crippen LogP contribution in [-0.2, 0) is 4.79 Å². The Morgan fingerprint density at radius 1 is 1.10 bits per heavy atom. The van der Waals surface area contributed by atoms with Gasteiger partial charge in [0.15, 0.2) is 11.5 Å². The summed E-state index contributed by atoms with van der Waals surface area (Å²) in [6.45, 7) is 7.22. The molecular formula is C23H24BrNO4S2. The lowest BCUT2D eigenvalue weighted by atomic mass is 10.1. The van der Waals surface area contributed by atoms with Crippen LogP contribution in [0, 0.1) is 13.8 Å². The summed E-state index contributed by atoms with van der Waals surface area (Å²) >= 11 is 10.1. The van der Waals surface area contributed by atoms with Crippen LogP contribution < -0.4 is 14.2 Å². The van der Waals surface area contributed by atoms with Crippen LogP contribution in [0.3, 0.4) is 0 Å². The number of benzene rings is 2. The van der Waals surface area contributed by atoms with Crippen molar-refractivity contribution in [2.75, 3.05) is 26.9 Å². The van der Waals surface area contributed by atoms with Gasteiger partial charge in [-0.15, -0.1) is 0 Å². The Hall–Kier alpha value is -2.03. The van der Waals surface area contributed by atoms with E-state index in [1.54, 1.807) is 7.05 Å². The van der Waals surface area contributed by atoms with Gasteiger partial charge in [-0.3, -0.25) is 9.69 Å². The largest absolute Gasteiger partial charge is 0.490 e. The lowest BCUT2D eigenvalue weighted by molar-refractivity contribution is -0.121. The maximum atomic E-state index is 12.3. The SMILES string of the molecule is CCOc1cc(/C=C2/SC(=S)N(C)C2=O)cc(Br)c1OCCOc1cc(C)ccc1C.